The molecule has 2 aromatic carbocycles. The topological polar surface area (TPSA) is 68.1 Å². The number of azo groups is 1. The first-order valence-electron chi connectivity index (χ1n) is 15.0. The molecular formula is C33H48N2O3. The molecule has 0 spiro atoms. The highest BCUT2D eigenvalue weighted by Gasteiger charge is 2.06. The minimum absolute atomic E-state index is 0.162. The first kappa shape index (κ1) is 31.4. The van der Waals surface area contributed by atoms with Gasteiger partial charge in [0.25, 0.3) is 0 Å². The fourth-order valence-corrected chi connectivity index (χ4v) is 4.36. The Hall–Kier alpha value is -2.82. The zero-order chi connectivity index (χ0) is 27.3. The highest BCUT2D eigenvalue weighted by molar-refractivity contribution is 5.96. The van der Waals surface area contributed by atoms with Crippen LogP contribution in [0.15, 0.2) is 58.8 Å². The Kier molecular flexibility index (Phi) is 16.7. The van der Waals surface area contributed by atoms with Gasteiger partial charge in [-0.25, -0.2) is 0 Å². The molecule has 2 aromatic rings. The van der Waals surface area contributed by atoms with Gasteiger partial charge in [0.1, 0.15) is 5.75 Å². The molecule has 0 saturated heterocycles. The molecule has 38 heavy (non-hydrogen) atoms. The minimum Gasteiger partial charge on any atom is -0.427 e. The summed E-state index contributed by atoms with van der Waals surface area (Å²) in [6.45, 7) is 4.34. The molecule has 0 N–H and O–H groups in total. The van der Waals surface area contributed by atoms with Crippen LogP contribution in [-0.2, 0) is 4.79 Å². The van der Waals surface area contributed by atoms with Gasteiger partial charge in [-0.1, -0.05) is 97.3 Å². The molecule has 0 fully saturated rings. The zero-order valence-corrected chi connectivity index (χ0v) is 23.8. The van der Waals surface area contributed by atoms with Crippen LogP contribution in [0.3, 0.4) is 0 Å². The van der Waals surface area contributed by atoms with Crippen molar-refractivity contribution in [3.63, 3.8) is 0 Å². The van der Waals surface area contributed by atoms with Gasteiger partial charge in [-0.05, 0) is 61.4 Å². The lowest BCUT2D eigenvalue weighted by atomic mass is 10.0. The summed E-state index contributed by atoms with van der Waals surface area (Å²) in [4.78, 5) is 24.2. The van der Waals surface area contributed by atoms with Crippen molar-refractivity contribution >= 4 is 23.1 Å². The van der Waals surface area contributed by atoms with Crippen LogP contribution >= 0.6 is 0 Å². The highest BCUT2D eigenvalue weighted by Crippen LogP contribution is 2.22. The number of nitrogens with zero attached hydrogens (tertiary/aromatic N) is 2. The zero-order valence-electron chi connectivity index (χ0n) is 23.8. The highest BCUT2D eigenvalue weighted by atomic mass is 16.5. The Bertz CT molecular complexity index is 936. The number of benzene rings is 2. The van der Waals surface area contributed by atoms with Gasteiger partial charge in [-0.15, -0.1) is 0 Å². The van der Waals surface area contributed by atoms with Crippen molar-refractivity contribution in [2.75, 3.05) is 0 Å². The van der Waals surface area contributed by atoms with E-state index in [0.29, 0.717) is 35.5 Å². The van der Waals surface area contributed by atoms with Gasteiger partial charge in [0, 0.05) is 18.4 Å². The summed E-state index contributed by atoms with van der Waals surface area (Å²) < 4.78 is 5.46. The molecule has 0 aliphatic heterocycles. The maximum atomic E-state index is 12.2. The van der Waals surface area contributed by atoms with Gasteiger partial charge in [-0.2, -0.15) is 10.2 Å². The average molecular weight is 521 g/mol. The second-order valence-corrected chi connectivity index (χ2v) is 10.2. The Balaban J connectivity index is 1.56. The molecule has 0 amide bonds. The standard InChI is InChI=1S/C33H48N2O3/c1-3-5-7-8-9-10-11-12-13-14-15-16-17-19-33(37)38-31-26-24-30(25-27-31)35-34-29-22-20-28(21-23-29)32(36)18-6-4-2/h20-27H,3-19H2,1-2H3. The summed E-state index contributed by atoms with van der Waals surface area (Å²) in [5.74, 6) is 0.504. The molecule has 0 unspecified atom stereocenters. The monoisotopic (exact) mass is 520 g/mol. The Labute approximate surface area is 230 Å². The Morgan fingerprint density at radius 1 is 0.553 bits per heavy atom. The summed E-state index contributed by atoms with van der Waals surface area (Å²) >= 11 is 0. The summed E-state index contributed by atoms with van der Waals surface area (Å²) in [7, 11) is 0. The molecule has 0 saturated carbocycles. The third-order valence-electron chi connectivity index (χ3n) is 6.78. The lowest BCUT2D eigenvalue weighted by Gasteiger charge is -2.05. The van der Waals surface area contributed by atoms with Crippen LogP contribution in [0.1, 0.15) is 133 Å². The van der Waals surface area contributed by atoms with E-state index in [1.807, 2.05) is 0 Å². The first-order chi connectivity index (χ1) is 18.6. The third kappa shape index (κ3) is 14.2. The summed E-state index contributed by atoms with van der Waals surface area (Å²) in [5.41, 5.74) is 2.07. The Morgan fingerprint density at radius 3 is 1.50 bits per heavy atom. The maximum absolute atomic E-state index is 12.2. The largest absolute Gasteiger partial charge is 0.427 e. The molecule has 2 rings (SSSR count). The number of ether oxygens (including phenoxy) is 1. The van der Waals surface area contributed by atoms with E-state index in [2.05, 4.69) is 24.1 Å². The second kappa shape index (κ2) is 20.2. The van der Waals surface area contributed by atoms with Crippen LogP contribution in [0.2, 0.25) is 0 Å². The van der Waals surface area contributed by atoms with Crippen LogP contribution in [-0.4, -0.2) is 11.8 Å². The number of unbranched alkanes of at least 4 members (excludes halogenated alkanes) is 13. The predicted molar refractivity (Wildman–Crippen MR) is 157 cm³/mol. The second-order valence-electron chi connectivity index (χ2n) is 10.2. The van der Waals surface area contributed by atoms with E-state index in [0.717, 1.165) is 25.7 Å². The third-order valence-corrected chi connectivity index (χ3v) is 6.78. The van der Waals surface area contributed by atoms with Gasteiger partial charge in [0.2, 0.25) is 0 Å². The van der Waals surface area contributed by atoms with Gasteiger partial charge in [0.15, 0.2) is 5.78 Å². The van der Waals surface area contributed by atoms with Crippen molar-refractivity contribution in [3.8, 4) is 5.75 Å². The predicted octanol–water partition coefficient (Wildman–Crippen LogP) is 10.9. The van der Waals surface area contributed by atoms with Crippen molar-refractivity contribution in [3.05, 3.63) is 54.1 Å². The molecule has 208 valence electrons. The maximum Gasteiger partial charge on any atom is 0.311 e. The molecule has 0 aliphatic rings. The molecule has 0 radical (unpaired) electrons. The van der Waals surface area contributed by atoms with Crippen molar-refractivity contribution in [2.45, 2.75) is 123 Å². The fraction of sp³-hybridized carbons (Fsp3) is 0.576. The van der Waals surface area contributed by atoms with E-state index in [-0.39, 0.29) is 11.8 Å². The van der Waals surface area contributed by atoms with Crippen molar-refractivity contribution in [1.29, 1.82) is 0 Å². The summed E-state index contributed by atoms with van der Waals surface area (Å²) in [5, 5.41) is 8.47. The quantitative estimate of drug-likeness (QED) is 0.0540. The van der Waals surface area contributed by atoms with Gasteiger partial charge < -0.3 is 4.74 Å². The number of carbonyl (C=O) groups is 2. The molecule has 0 aromatic heterocycles. The molecule has 5 nitrogen and oxygen atoms in total. The first-order valence-corrected chi connectivity index (χ1v) is 15.0. The number of hydrogen-bond donors (Lipinski definition) is 0. The Morgan fingerprint density at radius 2 is 1.00 bits per heavy atom. The van der Waals surface area contributed by atoms with E-state index in [1.165, 1.54) is 70.6 Å². The normalized spacial score (nSPS) is 11.2. The number of ketones is 1. The van der Waals surface area contributed by atoms with E-state index >= 15 is 0 Å². The van der Waals surface area contributed by atoms with Crippen LogP contribution in [0.4, 0.5) is 11.4 Å². The van der Waals surface area contributed by atoms with Crippen molar-refractivity contribution in [2.24, 2.45) is 10.2 Å². The van der Waals surface area contributed by atoms with Crippen LogP contribution in [0.5, 0.6) is 5.75 Å². The number of hydrogen-bond acceptors (Lipinski definition) is 5. The van der Waals surface area contributed by atoms with Crippen LogP contribution in [0.25, 0.3) is 0 Å². The van der Waals surface area contributed by atoms with E-state index in [9.17, 15) is 9.59 Å². The van der Waals surface area contributed by atoms with Gasteiger partial charge in [0.05, 0.1) is 11.4 Å². The van der Waals surface area contributed by atoms with E-state index < -0.39 is 0 Å². The summed E-state index contributed by atoms with van der Waals surface area (Å²) in [6, 6.07) is 14.2. The SMILES string of the molecule is CCCCCCCCCCCCCCCC(=O)Oc1ccc(N=Nc2ccc(C(=O)CCCC)cc2)cc1. The van der Waals surface area contributed by atoms with Gasteiger partial charge in [-0.3, -0.25) is 9.59 Å². The molecule has 0 heterocycles. The smallest absolute Gasteiger partial charge is 0.311 e. The summed E-state index contributed by atoms with van der Waals surface area (Å²) in [6.07, 6.45) is 19.7. The van der Waals surface area contributed by atoms with Crippen LogP contribution < -0.4 is 4.74 Å². The van der Waals surface area contributed by atoms with E-state index in [1.54, 1.807) is 48.5 Å². The molecular weight excluding hydrogens is 472 g/mol. The average Bonchev–Trinajstić information content (AvgIpc) is 2.94. The minimum atomic E-state index is -0.184. The van der Waals surface area contributed by atoms with E-state index in [4.69, 9.17) is 4.74 Å². The number of Topliss-reactive ketones (excluding diaryl/α,β-unsaturated/α-hetero) is 1. The lowest BCUT2D eigenvalue weighted by molar-refractivity contribution is -0.134. The number of carbonyl (C=O) groups excluding carboxylic acids is 2. The fourth-order valence-electron chi connectivity index (χ4n) is 4.36. The lowest BCUT2D eigenvalue weighted by Crippen LogP contribution is -2.07. The van der Waals surface area contributed by atoms with Crippen LogP contribution in [0, 0.1) is 0 Å². The molecule has 0 aliphatic carbocycles. The van der Waals surface area contributed by atoms with Gasteiger partial charge >= 0.3 is 5.97 Å². The van der Waals surface area contributed by atoms with Crippen molar-refractivity contribution < 1.29 is 14.3 Å². The number of rotatable bonds is 21. The molecule has 5 heteroatoms. The van der Waals surface area contributed by atoms with Crippen molar-refractivity contribution in [1.82, 2.24) is 0 Å². The molecule has 0 atom stereocenters. The number of esters is 1. The molecule has 0 bridgehead atoms.